The van der Waals surface area contributed by atoms with Crippen LogP contribution in [-0.4, -0.2) is 34.5 Å². The zero-order valence-corrected chi connectivity index (χ0v) is 13.1. The van der Waals surface area contributed by atoms with E-state index >= 15 is 0 Å². The third kappa shape index (κ3) is 4.40. The molecule has 0 amide bonds. The van der Waals surface area contributed by atoms with Crippen molar-refractivity contribution in [3.8, 4) is 0 Å². The van der Waals surface area contributed by atoms with Gasteiger partial charge in [-0.05, 0) is 31.4 Å². The van der Waals surface area contributed by atoms with Crippen LogP contribution in [0.15, 0.2) is 30.3 Å². The minimum Gasteiger partial charge on any atom is -0.397 e. The third-order valence-electron chi connectivity index (χ3n) is 3.60. The maximum Gasteiger partial charge on any atom is 0.356 e. The fourth-order valence-corrected chi connectivity index (χ4v) is 5.23. The Hall–Kier alpha value is -0.723. The van der Waals surface area contributed by atoms with E-state index < -0.39 is 8.56 Å². The van der Waals surface area contributed by atoms with Gasteiger partial charge in [-0.3, -0.25) is 0 Å². The van der Waals surface area contributed by atoms with Crippen molar-refractivity contribution < 1.29 is 8.85 Å². The number of benzene rings is 1. The summed E-state index contributed by atoms with van der Waals surface area (Å²) >= 11 is 0. The summed E-state index contributed by atoms with van der Waals surface area (Å²) in [4.78, 5) is 0. The molecule has 0 aliphatic rings. The van der Waals surface area contributed by atoms with Crippen molar-refractivity contribution in [2.24, 2.45) is 11.5 Å². The molecule has 0 aromatic heterocycles. The molecule has 2 unspecified atom stereocenters. The van der Waals surface area contributed by atoms with Crippen LogP contribution in [0.2, 0.25) is 6.04 Å². The molecule has 0 bridgehead atoms. The lowest BCUT2D eigenvalue weighted by molar-refractivity contribution is 0.224. The Bertz CT molecular complexity index is 356. The van der Waals surface area contributed by atoms with Crippen molar-refractivity contribution in [1.29, 1.82) is 0 Å². The van der Waals surface area contributed by atoms with Gasteiger partial charge in [-0.1, -0.05) is 30.3 Å². The highest BCUT2D eigenvalue weighted by Gasteiger charge is 2.43. The summed E-state index contributed by atoms with van der Waals surface area (Å²) in [6.45, 7) is 1.90. The number of aryl methyl sites for hydroxylation is 1. The van der Waals surface area contributed by atoms with Crippen molar-refractivity contribution >= 4 is 8.56 Å². The van der Waals surface area contributed by atoms with Crippen molar-refractivity contribution in [2.75, 3.05) is 14.2 Å². The van der Waals surface area contributed by atoms with E-state index in [1.807, 2.05) is 13.0 Å². The molecule has 19 heavy (non-hydrogen) atoms. The molecule has 4 N–H and O–H groups in total. The first kappa shape index (κ1) is 16.3. The normalized spacial score (nSPS) is 15.2. The van der Waals surface area contributed by atoms with Gasteiger partial charge in [-0.25, -0.2) is 0 Å². The molecule has 4 nitrogen and oxygen atoms in total. The molecule has 1 aromatic carbocycles. The van der Waals surface area contributed by atoms with Crippen LogP contribution in [0.1, 0.15) is 18.9 Å². The standard InChI is InChI=1S/C14H26N2O2Si/c1-12(15)14(16)19(17-2,18-3)11-7-10-13-8-5-4-6-9-13/h4-6,8-9,12,14H,7,10-11,15-16H2,1-3H3. The van der Waals surface area contributed by atoms with Crippen molar-refractivity contribution in [3.63, 3.8) is 0 Å². The molecule has 1 rings (SSSR count). The summed E-state index contributed by atoms with van der Waals surface area (Å²) < 4.78 is 11.3. The smallest absolute Gasteiger partial charge is 0.356 e. The van der Waals surface area contributed by atoms with Crippen LogP contribution in [0.5, 0.6) is 0 Å². The molecule has 0 radical (unpaired) electrons. The highest BCUT2D eigenvalue weighted by atomic mass is 28.4. The van der Waals surface area contributed by atoms with E-state index in [9.17, 15) is 0 Å². The van der Waals surface area contributed by atoms with Gasteiger partial charge >= 0.3 is 8.56 Å². The summed E-state index contributed by atoms with van der Waals surface area (Å²) in [6, 6.07) is 11.1. The minimum absolute atomic E-state index is 0.122. The highest BCUT2D eigenvalue weighted by molar-refractivity contribution is 6.69. The second-order valence-electron chi connectivity index (χ2n) is 4.94. The summed E-state index contributed by atoms with van der Waals surface area (Å²) in [5.74, 6) is 0. The van der Waals surface area contributed by atoms with Crippen LogP contribution in [0, 0.1) is 0 Å². The van der Waals surface area contributed by atoms with Crippen molar-refractivity contribution in [1.82, 2.24) is 0 Å². The molecular weight excluding hydrogens is 256 g/mol. The Morgan fingerprint density at radius 2 is 1.68 bits per heavy atom. The maximum atomic E-state index is 6.18. The molecule has 0 heterocycles. The van der Waals surface area contributed by atoms with E-state index in [4.69, 9.17) is 20.3 Å². The lowest BCUT2D eigenvalue weighted by Gasteiger charge is -2.34. The molecule has 0 aliphatic carbocycles. The van der Waals surface area contributed by atoms with E-state index in [1.165, 1.54) is 5.56 Å². The van der Waals surface area contributed by atoms with E-state index in [2.05, 4.69) is 24.3 Å². The summed E-state index contributed by atoms with van der Waals surface area (Å²) in [5.41, 5.74) is 13.2. The van der Waals surface area contributed by atoms with Gasteiger partial charge in [-0.2, -0.15) is 0 Å². The third-order valence-corrected chi connectivity index (χ3v) is 7.57. The molecule has 1 aromatic rings. The van der Waals surface area contributed by atoms with E-state index in [1.54, 1.807) is 14.2 Å². The van der Waals surface area contributed by atoms with Crippen molar-refractivity contribution in [3.05, 3.63) is 35.9 Å². The van der Waals surface area contributed by atoms with Gasteiger partial charge < -0.3 is 20.3 Å². The Kier molecular flexibility index (Phi) is 6.68. The van der Waals surface area contributed by atoms with Gasteiger partial charge in [0.05, 0.1) is 5.67 Å². The zero-order chi connectivity index (χ0) is 14.3. The van der Waals surface area contributed by atoms with Crippen LogP contribution in [0.25, 0.3) is 0 Å². The predicted molar refractivity (Wildman–Crippen MR) is 81.0 cm³/mol. The quantitative estimate of drug-likeness (QED) is 0.710. The highest BCUT2D eigenvalue weighted by Crippen LogP contribution is 2.20. The van der Waals surface area contributed by atoms with Crippen molar-refractivity contribution in [2.45, 2.75) is 37.5 Å². The first-order valence-corrected chi connectivity index (χ1v) is 8.81. The van der Waals surface area contributed by atoms with Gasteiger partial charge in [-0.15, -0.1) is 0 Å². The molecule has 0 fully saturated rings. The van der Waals surface area contributed by atoms with Gasteiger partial charge in [0.2, 0.25) is 0 Å². The maximum absolute atomic E-state index is 6.18. The van der Waals surface area contributed by atoms with Crippen LogP contribution in [0.4, 0.5) is 0 Å². The van der Waals surface area contributed by atoms with Gasteiger partial charge in [0.15, 0.2) is 0 Å². The lowest BCUT2D eigenvalue weighted by atomic mass is 10.1. The van der Waals surface area contributed by atoms with Gasteiger partial charge in [0, 0.05) is 20.3 Å². The van der Waals surface area contributed by atoms with E-state index in [0.717, 1.165) is 18.9 Å². The van der Waals surface area contributed by atoms with Gasteiger partial charge in [0.25, 0.3) is 0 Å². The predicted octanol–water partition coefficient (Wildman–Crippen LogP) is 1.57. The molecule has 5 heteroatoms. The minimum atomic E-state index is -2.41. The van der Waals surface area contributed by atoms with Crippen LogP contribution < -0.4 is 11.5 Å². The van der Waals surface area contributed by atoms with E-state index in [0.29, 0.717) is 0 Å². The van der Waals surface area contributed by atoms with Crippen LogP contribution in [-0.2, 0) is 15.3 Å². The number of nitrogens with two attached hydrogens (primary N) is 2. The van der Waals surface area contributed by atoms with Gasteiger partial charge in [0.1, 0.15) is 0 Å². The molecule has 2 atom stereocenters. The molecule has 0 saturated heterocycles. The topological polar surface area (TPSA) is 70.5 Å². The average molecular weight is 282 g/mol. The van der Waals surface area contributed by atoms with E-state index in [-0.39, 0.29) is 11.7 Å². The zero-order valence-electron chi connectivity index (χ0n) is 12.1. The monoisotopic (exact) mass is 282 g/mol. The summed E-state index contributed by atoms with van der Waals surface area (Å²) in [7, 11) is 0.951. The Labute approximate surface area is 117 Å². The van der Waals surface area contributed by atoms with Crippen LogP contribution >= 0.6 is 0 Å². The summed E-state index contributed by atoms with van der Waals surface area (Å²) in [6.07, 6.45) is 2.01. The number of hydrogen-bond donors (Lipinski definition) is 2. The fourth-order valence-electron chi connectivity index (χ4n) is 2.31. The largest absolute Gasteiger partial charge is 0.397 e. The Balaban J connectivity index is 2.59. The number of rotatable bonds is 8. The molecular formula is C14H26N2O2Si. The molecule has 0 aliphatic heterocycles. The Morgan fingerprint density at radius 3 is 2.16 bits per heavy atom. The fraction of sp³-hybridized carbons (Fsp3) is 0.571. The second-order valence-corrected chi connectivity index (χ2v) is 8.55. The average Bonchev–Trinajstić information content (AvgIpc) is 2.44. The first-order chi connectivity index (χ1) is 9.05. The lowest BCUT2D eigenvalue weighted by Crippen LogP contribution is -2.63. The molecule has 108 valence electrons. The second kappa shape index (κ2) is 7.77. The van der Waals surface area contributed by atoms with Crippen LogP contribution in [0.3, 0.4) is 0 Å². The first-order valence-electron chi connectivity index (χ1n) is 6.71. The molecule has 0 spiro atoms. The Morgan fingerprint density at radius 1 is 1.11 bits per heavy atom. The molecule has 0 saturated carbocycles. The SMILES string of the molecule is CO[Si](CCCc1ccccc1)(OC)C(N)C(C)N. The number of hydrogen-bond acceptors (Lipinski definition) is 4. The summed E-state index contributed by atoms with van der Waals surface area (Å²) in [5, 5.41) is 0.